The quantitative estimate of drug-likeness (QED) is 0.769. The minimum Gasteiger partial charge on any atom is -0.399 e. The Labute approximate surface area is 109 Å². The molecule has 7 heteroatoms. The van der Waals surface area contributed by atoms with Gasteiger partial charge in [-0.3, -0.25) is 4.79 Å². The molecule has 1 aromatic rings. The molecule has 3 N–H and O–H groups in total. The highest BCUT2D eigenvalue weighted by Gasteiger charge is 2.32. The Morgan fingerprint density at radius 2 is 2.11 bits per heavy atom. The number of nitrogens with zero attached hydrogens (tertiary/aromatic N) is 1. The summed E-state index contributed by atoms with van der Waals surface area (Å²) in [5.41, 5.74) is 5.13. The third-order valence-corrected chi connectivity index (χ3v) is 3.00. The van der Waals surface area contributed by atoms with E-state index in [1.165, 1.54) is 11.9 Å². The minimum atomic E-state index is -0.784. The largest absolute Gasteiger partial charge is 0.399 e. The van der Waals surface area contributed by atoms with E-state index in [4.69, 9.17) is 10.5 Å². The van der Waals surface area contributed by atoms with Gasteiger partial charge in [-0.2, -0.15) is 0 Å². The molecular weight excluding hydrogens is 256 g/mol. The predicted molar refractivity (Wildman–Crippen MR) is 66.8 cm³/mol. The second kappa shape index (κ2) is 5.40. The Morgan fingerprint density at radius 3 is 2.68 bits per heavy atom. The van der Waals surface area contributed by atoms with Gasteiger partial charge in [0.2, 0.25) is 5.91 Å². The first-order chi connectivity index (χ1) is 9.04. The number of nitrogens with two attached hydrogens (primary N) is 1. The number of ether oxygens (including phenoxy) is 1. The van der Waals surface area contributed by atoms with Gasteiger partial charge in [0.25, 0.3) is 0 Å². The third kappa shape index (κ3) is 2.60. The van der Waals surface area contributed by atoms with E-state index in [0.717, 1.165) is 12.1 Å². The first-order valence-corrected chi connectivity index (χ1v) is 5.85. The first-order valence-electron chi connectivity index (χ1n) is 5.85. The molecule has 1 aliphatic heterocycles. The van der Waals surface area contributed by atoms with Crippen LogP contribution in [0.25, 0.3) is 0 Å². The van der Waals surface area contributed by atoms with Crippen LogP contribution in [0.1, 0.15) is 0 Å². The molecule has 5 nitrogen and oxygen atoms in total. The number of benzene rings is 1. The number of hydrogen-bond donors (Lipinski definition) is 2. The molecule has 0 aromatic heterocycles. The van der Waals surface area contributed by atoms with E-state index in [0.29, 0.717) is 6.61 Å². The molecule has 0 radical (unpaired) electrons. The number of hydrogen-bond acceptors (Lipinski definition) is 4. The van der Waals surface area contributed by atoms with Gasteiger partial charge in [0.05, 0.1) is 13.2 Å². The van der Waals surface area contributed by atoms with Gasteiger partial charge in [-0.1, -0.05) is 0 Å². The van der Waals surface area contributed by atoms with Crippen LogP contribution >= 0.6 is 0 Å². The number of carbonyl (C=O) groups is 1. The van der Waals surface area contributed by atoms with E-state index in [1.807, 2.05) is 0 Å². The molecule has 1 aromatic carbocycles. The fourth-order valence-electron chi connectivity index (χ4n) is 2.11. The molecule has 1 fully saturated rings. The van der Waals surface area contributed by atoms with E-state index < -0.39 is 17.7 Å². The van der Waals surface area contributed by atoms with Gasteiger partial charge in [0.15, 0.2) is 11.6 Å². The predicted octanol–water partition coefficient (Wildman–Crippen LogP) is 0.498. The lowest BCUT2D eigenvalue weighted by atomic mass is 10.1. The molecule has 1 saturated heterocycles. The van der Waals surface area contributed by atoms with E-state index in [9.17, 15) is 13.6 Å². The Morgan fingerprint density at radius 1 is 1.47 bits per heavy atom. The molecule has 1 aliphatic rings. The second-order valence-corrected chi connectivity index (χ2v) is 4.23. The summed E-state index contributed by atoms with van der Waals surface area (Å²) in [5.74, 6) is -1.92. The molecule has 0 aliphatic carbocycles. The Hall–Kier alpha value is -1.89. The number of anilines is 2. The summed E-state index contributed by atoms with van der Waals surface area (Å²) in [6.45, 7) is 0.621. The van der Waals surface area contributed by atoms with E-state index in [1.54, 1.807) is 0 Å². The molecule has 1 amide bonds. The highest BCUT2D eigenvalue weighted by atomic mass is 19.1. The van der Waals surface area contributed by atoms with Crippen LogP contribution in [-0.2, 0) is 9.53 Å². The summed E-state index contributed by atoms with van der Waals surface area (Å²) in [5, 5.41) is 2.45. The van der Waals surface area contributed by atoms with Crippen LogP contribution in [0.5, 0.6) is 0 Å². The van der Waals surface area contributed by atoms with Gasteiger partial charge >= 0.3 is 0 Å². The smallest absolute Gasteiger partial charge is 0.244 e. The van der Waals surface area contributed by atoms with E-state index in [2.05, 4.69) is 5.32 Å². The molecule has 1 unspecified atom stereocenters. The van der Waals surface area contributed by atoms with Crippen LogP contribution in [-0.4, -0.2) is 38.8 Å². The molecule has 0 bridgehead atoms. The third-order valence-electron chi connectivity index (χ3n) is 3.00. The van der Waals surface area contributed by atoms with E-state index >= 15 is 0 Å². The zero-order valence-corrected chi connectivity index (χ0v) is 10.5. The monoisotopic (exact) mass is 271 g/mol. The lowest BCUT2D eigenvalue weighted by Crippen LogP contribution is -2.54. The highest BCUT2D eigenvalue weighted by Crippen LogP contribution is 2.28. The Bertz CT molecular complexity index is 473. The van der Waals surface area contributed by atoms with Crippen molar-refractivity contribution in [3.8, 4) is 0 Å². The topological polar surface area (TPSA) is 67.6 Å². The van der Waals surface area contributed by atoms with Crippen molar-refractivity contribution in [2.24, 2.45) is 0 Å². The average molecular weight is 271 g/mol. The molecule has 19 heavy (non-hydrogen) atoms. The molecule has 1 heterocycles. The molecule has 104 valence electrons. The number of halogens is 2. The highest BCUT2D eigenvalue weighted by molar-refractivity contribution is 5.85. The SMILES string of the molecule is CNC(=O)C1COCCN1c1c(F)cc(N)cc1F. The molecule has 2 rings (SSSR count). The maximum absolute atomic E-state index is 13.9. The standard InChI is InChI=1S/C12H15F2N3O2/c1-16-12(18)10-6-19-3-2-17(10)11-8(13)4-7(15)5-9(11)14/h4-5,10H,2-3,6,15H2,1H3,(H,16,18). The zero-order chi connectivity index (χ0) is 14.0. The van der Waals surface area contributed by atoms with Crippen molar-refractivity contribution >= 4 is 17.3 Å². The summed E-state index contributed by atoms with van der Waals surface area (Å²) >= 11 is 0. The van der Waals surface area contributed by atoms with Crippen molar-refractivity contribution in [3.05, 3.63) is 23.8 Å². The van der Waals surface area contributed by atoms with E-state index in [-0.39, 0.29) is 30.4 Å². The van der Waals surface area contributed by atoms with Crippen molar-refractivity contribution in [1.82, 2.24) is 5.32 Å². The number of morpholine rings is 1. The van der Waals surface area contributed by atoms with Gasteiger partial charge < -0.3 is 20.7 Å². The van der Waals surface area contributed by atoms with Crippen LogP contribution in [0.4, 0.5) is 20.2 Å². The molecule has 0 saturated carbocycles. The number of nitrogen functional groups attached to an aromatic ring is 1. The van der Waals surface area contributed by atoms with Gasteiger partial charge in [-0.05, 0) is 12.1 Å². The zero-order valence-electron chi connectivity index (χ0n) is 10.5. The fourth-order valence-corrected chi connectivity index (χ4v) is 2.11. The summed E-state index contributed by atoms with van der Waals surface area (Å²) < 4.78 is 33.0. The van der Waals surface area contributed by atoms with Gasteiger partial charge in [-0.15, -0.1) is 0 Å². The van der Waals surface area contributed by atoms with Crippen molar-refractivity contribution in [1.29, 1.82) is 0 Å². The maximum Gasteiger partial charge on any atom is 0.244 e. The summed E-state index contributed by atoms with van der Waals surface area (Å²) in [6.07, 6.45) is 0. The Kier molecular flexibility index (Phi) is 3.84. The van der Waals surface area contributed by atoms with Crippen molar-refractivity contribution in [2.45, 2.75) is 6.04 Å². The van der Waals surface area contributed by atoms with Gasteiger partial charge in [0.1, 0.15) is 11.7 Å². The Balaban J connectivity index is 2.40. The fraction of sp³-hybridized carbons (Fsp3) is 0.417. The summed E-state index contributed by atoms with van der Waals surface area (Å²) in [4.78, 5) is 13.1. The minimum absolute atomic E-state index is 0.00324. The average Bonchev–Trinajstić information content (AvgIpc) is 2.37. The summed E-state index contributed by atoms with van der Waals surface area (Å²) in [7, 11) is 1.46. The lowest BCUT2D eigenvalue weighted by Gasteiger charge is -2.36. The van der Waals surface area contributed by atoms with Crippen LogP contribution in [0, 0.1) is 11.6 Å². The molecule has 0 spiro atoms. The first kappa shape index (κ1) is 13.5. The second-order valence-electron chi connectivity index (χ2n) is 4.23. The van der Waals surface area contributed by atoms with Crippen LogP contribution in [0.2, 0.25) is 0 Å². The summed E-state index contributed by atoms with van der Waals surface area (Å²) in [6, 6.07) is 1.32. The van der Waals surface area contributed by atoms with Crippen LogP contribution < -0.4 is 16.0 Å². The number of nitrogens with one attached hydrogen (secondary N) is 1. The van der Waals surface area contributed by atoms with Crippen LogP contribution in [0.15, 0.2) is 12.1 Å². The number of rotatable bonds is 2. The van der Waals surface area contributed by atoms with Crippen molar-refractivity contribution < 1.29 is 18.3 Å². The normalized spacial score (nSPS) is 19.3. The number of amides is 1. The van der Waals surface area contributed by atoms with Gasteiger partial charge in [-0.25, -0.2) is 8.78 Å². The lowest BCUT2D eigenvalue weighted by molar-refractivity contribution is -0.124. The maximum atomic E-state index is 13.9. The van der Waals surface area contributed by atoms with Gasteiger partial charge in [0, 0.05) is 19.3 Å². The van der Waals surface area contributed by atoms with Crippen LogP contribution in [0.3, 0.4) is 0 Å². The number of carbonyl (C=O) groups excluding carboxylic acids is 1. The number of likely N-dealkylation sites (N-methyl/N-ethyl adjacent to an activating group) is 1. The molecule has 1 atom stereocenters. The van der Waals surface area contributed by atoms with Crippen molar-refractivity contribution in [3.63, 3.8) is 0 Å². The molecular formula is C12H15F2N3O2. The van der Waals surface area contributed by atoms with Crippen molar-refractivity contribution in [2.75, 3.05) is 37.4 Å².